The molecule has 2 aromatic carbocycles. The van der Waals surface area contributed by atoms with E-state index in [0.29, 0.717) is 23.8 Å². The van der Waals surface area contributed by atoms with Gasteiger partial charge in [-0.2, -0.15) is 0 Å². The smallest absolute Gasteiger partial charge is 0.263 e. The molecule has 1 fully saturated rings. The maximum Gasteiger partial charge on any atom is 0.263 e. The zero-order valence-electron chi connectivity index (χ0n) is 16.4. The summed E-state index contributed by atoms with van der Waals surface area (Å²) in [4.78, 5) is 21.1. The highest BCUT2D eigenvalue weighted by Crippen LogP contribution is 2.37. The van der Waals surface area contributed by atoms with Crippen molar-refractivity contribution in [3.8, 4) is 0 Å². The Bertz CT molecular complexity index is 1230. The number of benzene rings is 2. The van der Waals surface area contributed by atoms with E-state index >= 15 is 0 Å². The number of carbonyl (C=O) groups is 1. The molecule has 7 nitrogen and oxygen atoms in total. The predicted octanol–water partition coefficient (Wildman–Crippen LogP) is 3.77. The lowest BCUT2D eigenvalue weighted by molar-refractivity contribution is -0.118. The van der Waals surface area contributed by atoms with Crippen molar-refractivity contribution in [1.82, 2.24) is 4.98 Å². The molecular formula is C21H19ClN4O3S2. The molecule has 3 heterocycles. The van der Waals surface area contributed by atoms with Crippen molar-refractivity contribution >= 4 is 55.4 Å². The van der Waals surface area contributed by atoms with Crippen LogP contribution in [0.15, 0.2) is 58.9 Å². The topological polar surface area (TPSA) is 82.6 Å². The van der Waals surface area contributed by atoms with Gasteiger partial charge in [0.15, 0.2) is 5.13 Å². The molecule has 1 N–H and O–H groups in total. The average molecular weight is 475 g/mol. The minimum absolute atomic E-state index is 0.0179. The summed E-state index contributed by atoms with van der Waals surface area (Å²) in [6.45, 7) is 1.35. The molecule has 3 aromatic rings. The maximum absolute atomic E-state index is 13.2. The Morgan fingerprint density at radius 3 is 2.68 bits per heavy atom. The van der Waals surface area contributed by atoms with Gasteiger partial charge in [0.25, 0.3) is 10.0 Å². The summed E-state index contributed by atoms with van der Waals surface area (Å²) < 4.78 is 27.5. The molecule has 5 rings (SSSR count). The van der Waals surface area contributed by atoms with Gasteiger partial charge in [0.1, 0.15) is 6.04 Å². The Morgan fingerprint density at radius 1 is 1.13 bits per heavy atom. The van der Waals surface area contributed by atoms with Crippen LogP contribution in [0.3, 0.4) is 0 Å². The zero-order chi connectivity index (χ0) is 21.6. The number of thiazole rings is 1. The zero-order valence-corrected chi connectivity index (χ0v) is 18.8. The number of aromatic nitrogens is 1. The van der Waals surface area contributed by atoms with Crippen molar-refractivity contribution < 1.29 is 13.2 Å². The normalized spacial score (nSPS) is 18.5. The van der Waals surface area contributed by atoms with E-state index in [1.54, 1.807) is 22.4 Å². The number of hydrogen-bond donors (Lipinski definition) is 1. The van der Waals surface area contributed by atoms with E-state index in [2.05, 4.69) is 14.6 Å². The summed E-state index contributed by atoms with van der Waals surface area (Å²) in [6, 6.07) is 11.9. The van der Waals surface area contributed by atoms with Gasteiger partial charge >= 0.3 is 0 Å². The van der Waals surface area contributed by atoms with E-state index in [1.165, 1.54) is 29.7 Å². The second kappa shape index (κ2) is 7.81. The molecule has 0 bridgehead atoms. The number of amides is 1. The van der Waals surface area contributed by atoms with Crippen molar-refractivity contribution in [3.05, 3.63) is 64.6 Å². The predicted molar refractivity (Wildman–Crippen MR) is 123 cm³/mol. The first-order valence-corrected chi connectivity index (χ1v) is 12.6. The van der Waals surface area contributed by atoms with Crippen LogP contribution < -0.4 is 14.5 Å². The lowest BCUT2D eigenvalue weighted by Gasteiger charge is -2.26. The SMILES string of the molecule is O=C1[C@H](N2CCc3c(Cl)cccc32)CCN1c1ccc(S(=O)(=O)Nc2nccs2)cc1. The number of rotatable bonds is 5. The summed E-state index contributed by atoms with van der Waals surface area (Å²) in [6.07, 6.45) is 3.07. The van der Waals surface area contributed by atoms with Gasteiger partial charge in [0.05, 0.1) is 4.90 Å². The number of anilines is 3. The van der Waals surface area contributed by atoms with Gasteiger partial charge in [0, 0.05) is 41.1 Å². The van der Waals surface area contributed by atoms with Gasteiger partial charge in [-0.15, -0.1) is 11.3 Å². The number of halogens is 1. The van der Waals surface area contributed by atoms with Crippen LogP contribution in [0.5, 0.6) is 0 Å². The summed E-state index contributed by atoms with van der Waals surface area (Å²) in [5, 5.41) is 2.75. The molecule has 160 valence electrons. The summed E-state index contributed by atoms with van der Waals surface area (Å²) in [5.74, 6) is 0.0179. The molecule has 0 spiro atoms. The molecule has 1 saturated heterocycles. The highest BCUT2D eigenvalue weighted by molar-refractivity contribution is 7.93. The Hall–Kier alpha value is -2.62. The monoisotopic (exact) mass is 474 g/mol. The van der Waals surface area contributed by atoms with Crippen LogP contribution >= 0.6 is 22.9 Å². The minimum atomic E-state index is -3.72. The molecule has 31 heavy (non-hydrogen) atoms. The molecular weight excluding hydrogens is 456 g/mol. The second-order valence-corrected chi connectivity index (χ2v) is 10.4. The van der Waals surface area contributed by atoms with Crippen molar-refractivity contribution in [2.24, 2.45) is 0 Å². The highest BCUT2D eigenvalue weighted by atomic mass is 35.5. The molecule has 1 aromatic heterocycles. The van der Waals surface area contributed by atoms with Crippen LogP contribution in [0.25, 0.3) is 0 Å². The van der Waals surface area contributed by atoms with Crippen LogP contribution in [0.2, 0.25) is 5.02 Å². The summed E-state index contributed by atoms with van der Waals surface area (Å²) >= 11 is 7.53. The number of nitrogens with one attached hydrogen (secondary N) is 1. The van der Waals surface area contributed by atoms with Gasteiger partial charge in [0.2, 0.25) is 5.91 Å². The fourth-order valence-electron chi connectivity index (χ4n) is 4.20. The molecule has 1 amide bonds. The molecule has 0 radical (unpaired) electrons. The third kappa shape index (κ3) is 3.66. The first kappa shape index (κ1) is 20.3. The van der Waals surface area contributed by atoms with Crippen LogP contribution in [-0.4, -0.2) is 38.4 Å². The van der Waals surface area contributed by atoms with Crippen LogP contribution in [0.1, 0.15) is 12.0 Å². The molecule has 0 saturated carbocycles. The first-order chi connectivity index (χ1) is 14.9. The third-order valence-electron chi connectivity index (χ3n) is 5.67. The standard InChI is InChI=1S/C21H19ClN4O3S2/c22-17-2-1-3-18-16(17)8-11-26(18)19-9-12-25(20(19)27)14-4-6-15(7-5-14)31(28,29)24-21-23-10-13-30-21/h1-7,10,13,19H,8-9,11-12H2,(H,23,24)/t19-/m1/s1. The third-order valence-corrected chi connectivity index (χ3v) is 8.20. The van der Waals surface area contributed by atoms with E-state index in [4.69, 9.17) is 11.6 Å². The fraction of sp³-hybridized carbons (Fsp3) is 0.238. The number of hydrogen-bond acceptors (Lipinski definition) is 6. The number of fused-ring (bicyclic) bond motifs is 1. The summed E-state index contributed by atoms with van der Waals surface area (Å²) in [7, 11) is -3.72. The van der Waals surface area contributed by atoms with Gasteiger partial charge < -0.3 is 9.80 Å². The van der Waals surface area contributed by atoms with Gasteiger partial charge in [-0.05, 0) is 54.8 Å². The van der Waals surface area contributed by atoms with E-state index in [-0.39, 0.29) is 16.8 Å². The minimum Gasteiger partial charge on any atom is -0.359 e. The quantitative estimate of drug-likeness (QED) is 0.608. The lowest BCUT2D eigenvalue weighted by Crippen LogP contribution is -2.41. The first-order valence-electron chi connectivity index (χ1n) is 9.82. The van der Waals surface area contributed by atoms with Crippen molar-refractivity contribution in [2.45, 2.75) is 23.8 Å². The lowest BCUT2D eigenvalue weighted by atomic mass is 10.1. The maximum atomic E-state index is 13.2. The number of nitrogens with zero attached hydrogens (tertiary/aromatic N) is 3. The van der Waals surface area contributed by atoms with Crippen LogP contribution in [-0.2, 0) is 21.2 Å². The van der Waals surface area contributed by atoms with E-state index in [1.807, 2.05) is 18.2 Å². The Morgan fingerprint density at radius 2 is 1.94 bits per heavy atom. The van der Waals surface area contributed by atoms with Crippen molar-refractivity contribution in [2.75, 3.05) is 27.6 Å². The fourth-order valence-corrected chi connectivity index (χ4v) is 6.26. The van der Waals surface area contributed by atoms with E-state index in [0.717, 1.165) is 29.2 Å². The number of sulfonamides is 1. The largest absolute Gasteiger partial charge is 0.359 e. The van der Waals surface area contributed by atoms with E-state index in [9.17, 15) is 13.2 Å². The second-order valence-electron chi connectivity index (χ2n) is 7.41. The van der Waals surface area contributed by atoms with Crippen LogP contribution in [0, 0.1) is 0 Å². The van der Waals surface area contributed by atoms with E-state index < -0.39 is 10.0 Å². The van der Waals surface area contributed by atoms with Crippen molar-refractivity contribution in [3.63, 3.8) is 0 Å². The van der Waals surface area contributed by atoms with Gasteiger partial charge in [-0.25, -0.2) is 13.4 Å². The molecule has 1 atom stereocenters. The molecule has 10 heteroatoms. The Kier molecular flexibility index (Phi) is 5.11. The highest BCUT2D eigenvalue weighted by Gasteiger charge is 2.39. The molecule has 2 aliphatic rings. The molecule has 0 aliphatic carbocycles. The van der Waals surface area contributed by atoms with Crippen molar-refractivity contribution in [1.29, 1.82) is 0 Å². The summed E-state index contributed by atoms with van der Waals surface area (Å²) in [5.41, 5.74) is 2.81. The molecule has 2 aliphatic heterocycles. The molecule has 0 unspecified atom stereocenters. The Balaban J connectivity index is 1.33. The van der Waals surface area contributed by atoms with Crippen LogP contribution in [0.4, 0.5) is 16.5 Å². The average Bonchev–Trinajstić information content (AvgIpc) is 3.48. The van der Waals surface area contributed by atoms with Gasteiger partial charge in [-0.1, -0.05) is 17.7 Å². The Labute approximate surface area is 189 Å². The number of carbonyl (C=O) groups excluding carboxylic acids is 1. The van der Waals surface area contributed by atoms with Gasteiger partial charge in [-0.3, -0.25) is 9.52 Å².